The first kappa shape index (κ1) is 12.2. The predicted molar refractivity (Wildman–Crippen MR) is 74.8 cm³/mol. The van der Waals surface area contributed by atoms with Crippen LogP contribution in [0.3, 0.4) is 0 Å². The van der Waals surface area contributed by atoms with E-state index >= 15 is 0 Å². The minimum Gasteiger partial charge on any atom is -0.385 e. The lowest BCUT2D eigenvalue weighted by Crippen LogP contribution is -2.18. The van der Waals surface area contributed by atoms with Gasteiger partial charge in [0, 0.05) is 25.8 Å². The molecule has 0 amide bonds. The number of nitrogens with zero attached hydrogens (tertiary/aromatic N) is 3. The number of hydrogen-bond donors (Lipinski definition) is 2. The summed E-state index contributed by atoms with van der Waals surface area (Å²) in [6.07, 6.45) is 4.13. The van der Waals surface area contributed by atoms with Crippen LogP contribution in [0.5, 0.6) is 0 Å². The Balaban J connectivity index is 1.64. The Bertz CT molecular complexity index is 561. The van der Waals surface area contributed by atoms with Crippen molar-refractivity contribution in [3.8, 4) is 0 Å². The van der Waals surface area contributed by atoms with Gasteiger partial charge in [-0.1, -0.05) is 18.2 Å². The lowest BCUT2D eigenvalue weighted by atomic mass is 9.99. The highest BCUT2D eigenvalue weighted by Crippen LogP contribution is 2.25. The molecule has 0 unspecified atom stereocenters. The summed E-state index contributed by atoms with van der Waals surface area (Å²) in [5.74, 6) is 0.834. The molecule has 2 heterocycles. The van der Waals surface area contributed by atoms with E-state index in [1.165, 1.54) is 29.7 Å². The molecule has 0 atom stereocenters. The summed E-state index contributed by atoms with van der Waals surface area (Å²) in [5, 5.41) is 11.2. The maximum absolute atomic E-state index is 4.26. The van der Waals surface area contributed by atoms with Crippen LogP contribution in [0.2, 0.25) is 0 Å². The van der Waals surface area contributed by atoms with Gasteiger partial charge in [0.2, 0.25) is 0 Å². The molecule has 1 aliphatic heterocycles. The number of aromatic nitrogens is 3. The van der Waals surface area contributed by atoms with Crippen molar-refractivity contribution >= 4 is 5.69 Å². The van der Waals surface area contributed by atoms with E-state index in [2.05, 4.69) is 38.9 Å². The van der Waals surface area contributed by atoms with Crippen LogP contribution >= 0.6 is 0 Å². The molecular weight excluding hydrogens is 238 g/mol. The average Bonchev–Trinajstić information content (AvgIpc) is 2.85. The minimum atomic E-state index is 0.699. The van der Waals surface area contributed by atoms with E-state index in [4.69, 9.17) is 0 Å². The maximum Gasteiger partial charge on any atom is 0.164 e. The van der Waals surface area contributed by atoms with Gasteiger partial charge >= 0.3 is 0 Å². The molecular formula is C14H19N5. The fourth-order valence-electron chi connectivity index (χ4n) is 2.50. The monoisotopic (exact) mass is 257 g/mol. The summed E-state index contributed by atoms with van der Waals surface area (Å²) < 4.78 is 1.73. The summed E-state index contributed by atoms with van der Waals surface area (Å²) >= 11 is 0. The van der Waals surface area contributed by atoms with E-state index < -0.39 is 0 Å². The van der Waals surface area contributed by atoms with Crippen molar-refractivity contribution in [2.45, 2.75) is 25.9 Å². The fraction of sp³-hybridized carbons (Fsp3) is 0.429. The van der Waals surface area contributed by atoms with E-state index in [1.807, 2.05) is 7.05 Å². The molecule has 0 saturated heterocycles. The van der Waals surface area contributed by atoms with Gasteiger partial charge in [-0.2, -0.15) is 5.10 Å². The predicted octanol–water partition coefficient (Wildman–Crippen LogP) is 1.46. The van der Waals surface area contributed by atoms with Gasteiger partial charge in [-0.3, -0.25) is 4.68 Å². The SMILES string of the molecule is Cn1cnc(CNCc2cccc3c2NCCC3)n1. The first-order valence-corrected chi connectivity index (χ1v) is 6.73. The Morgan fingerprint density at radius 3 is 3.16 bits per heavy atom. The molecule has 0 bridgehead atoms. The Kier molecular flexibility index (Phi) is 3.46. The first-order valence-electron chi connectivity index (χ1n) is 6.73. The molecule has 100 valence electrons. The second-order valence-electron chi connectivity index (χ2n) is 4.92. The summed E-state index contributed by atoms with van der Waals surface area (Å²) in [6.45, 7) is 2.62. The van der Waals surface area contributed by atoms with Crippen LogP contribution in [0.25, 0.3) is 0 Å². The highest BCUT2D eigenvalue weighted by molar-refractivity contribution is 5.59. The second kappa shape index (κ2) is 5.40. The van der Waals surface area contributed by atoms with Gasteiger partial charge in [0.1, 0.15) is 6.33 Å². The van der Waals surface area contributed by atoms with Crippen LogP contribution in [0, 0.1) is 0 Å². The molecule has 2 N–H and O–H groups in total. The van der Waals surface area contributed by atoms with E-state index in [-0.39, 0.29) is 0 Å². The molecule has 0 fully saturated rings. The highest BCUT2D eigenvalue weighted by atomic mass is 15.3. The van der Waals surface area contributed by atoms with Gasteiger partial charge < -0.3 is 10.6 Å². The fourth-order valence-corrected chi connectivity index (χ4v) is 2.50. The van der Waals surface area contributed by atoms with Crippen molar-refractivity contribution in [1.82, 2.24) is 20.1 Å². The van der Waals surface area contributed by atoms with Crippen molar-refractivity contribution in [3.05, 3.63) is 41.5 Å². The maximum atomic E-state index is 4.26. The minimum absolute atomic E-state index is 0.699. The number of anilines is 1. The molecule has 19 heavy (non-hydrogen) atoms. The Morgan fingerprint density at radius 1 is 1.37 bits per heavy atom. The molecule has 0 saturated carbocycles. The van der Waals surface area contributed by atoms with Gasteiger partial charge in [0.15, 0.2) is 5.82 Å². The third-order valence-electron chi connectivity index (χ3n) is 3.41. The zero-order valence-corrected chi connectivity index (χ0v) is 11.2. The smallest absolute Gasteiger partial charge is 0.164 e. The van der Waals surface area contributed by atoms with E-state index in [0.717, 1.165) is 18.9 Å². The van der Waals surface area contributed by atoms with Crippen molar-refractivity contribution in [2.24, 2.45) is 7.05 Å². The molecule has 3 rings (SSSR count). The Morgan fingerprint density at radius 2 is 2.32 bits per heavy atom. The standard InChI is InChI=1S/C14H19N5/c1-19-10-17-13(18-19)9-15-8-12-5-2-4-11-6-3-7-16-14(11)12/h2,4-5,10,15-16H,3,6-9H2,1H3. The van der Waals surface area contributed by atoms with Gasteiger partial charge in [0.25, 0.3) is 0 Å². The van der Waals surface area contributed by atoms with Crippen molar-refractivity contribution in [2.75, 3.05) is 11.9 Å². The summed E-state index contributed by atoms with van der Waals surface area (Å²) in [6, 6.07) is 6.53. The number of nitrogens with one attached hydrogen (secondary N) is 2. The molecule has 1 aromatic carbocycles. The number of fused-ring (bicyclic) bond motifs is 1. The van der Waals surface area contributed by atoms with Crippen molar-refractivity contribution in [3.63, 3.8) is 0 Å². The van der Waals surface area contributed by atoms with Crippen molar-refractivity contribution < 1.29 is 0 Å². The van der Waals surface area contributed by atoms with Crippen LogP contribution in [-0.4, -0.2) is 21.3 Å². The zero-order valence-electron chi connectivity index (χ0n) is 11.2. The first-order chi connectivity index (χ1) is 9.33. The number of aryl methyl sites for hydroxylation is 2. The molecule has 0 radical (unpaired) electrons. The molecule has 1 aromatic heterocycles. The van der Waals surface area contributed by atoms with E-state index in [1.54, 1.807) is 11.0 Å². The topological polar surface area (TPSA) is 54.8 Å². The highest BCUT2D eigenvalue weighted by Gasteiger charge is 2.11. The second-order valence-corrected chi connectivity index (χ2v) is 4.92. The van der Waals surface area contributed by atoms with Gasteiger partial charge in [0.05, 0.1) is 6.54 Å². The lowest BCUT2D eigenvalue weighted by Gasteiger charge is -2.21. The van der Waals surface area contributed by atoms with Gasteiger partial charge in [-0.25, -0.2) is 4.98 Å². The number of hydrogen-bond acceptors (Lipinski definition) is 4. The van der Waals surface area contributed by atoms with Crippen LogP contribution in [0.15, 0.2) is 24.5 Å². The van der Waals surface area contributed by atoms with Crippen LogP contribution in [0.1, 0.15) is 23.4 Å². The van der Waals surface area contributed by atoms with Gasteiger partial charge in [-0.15, -0.1) is 0 Å². The molecule has 2 aromatic rings. The molecule has 0 spiro atoms. The summed E-state index contributed by atoms with van der Waals surface area (Å²) in [4.78, 5) is 4.21. The summed E-state index contributed by atoms with van der Waals surface area (Å²) in [5.41, 5.74) is 4.07. The quantitative estimate of drug-likeness (QED) is 0.870. The van der Waals surface area contributed by atoms with Crippen molar-refractivity contribution in [1.29, 1.82) is 0 Å². The third kappa shape index (κ3) is 2.76. The average molecular weight is 257 g/mol. The normalized spacial score (nSPS) is 13.9. The van der Waals surface area contributed by atoms with Crippen LogP contribution < -0.4 is 10.6 Å². The molecule has 0 aliphatic carbocycles. The van der Waals surface area contributed by atoms with E-state index in [9.17, 15) is 0 Å². The lowest BCUT2D eigenvalue weighted by molar-refractivity contribution is 0.648. The van der Waals surface area contributed by atoms with Crippen LogP contribution in [0.4, 0.5) is 5.69 Å². The van der Waals surface area contributed by atoms with Crippen LogP contribution in [-0.2, 0) is 26.6 Å². The molecule has 5 nitrogen and oxygen atoms in total. The zero-order chi connectivity index (χ0) is 13.1. The molecule has 1 aliphatic rings. The number of para-hydroxylation sites is 1. The van der Waals surface area contributed by atoms with Gasteiger partial charge in [-0.05, 0) is 24.0 Å². The third-order valence-corrected chi connectivity index (χ3v) is 3.41. The largest absolute Gasteiger partial charge is 0.385 e. The Labute approximate surface area is 113 Å². The number of benzene rings is 1. The Hall–Kier alpha value is -1.88. The number of rotatable bonds is 4. The summed E-state index contributed by atoms with van der Waals surface area (Å²) in [7, 11) is 1.88. The van der Waals surface area contributed by atoms with E-state index in [0.29, 0.717) is 6.54 Å². The molecule has 5 heteroatoms.